The summed E-state index contributed by atoms with van der Waals surface area (Å²) in [6.45, 7) is 4.79. The molecule has 1 aromatic rings. The first-order valence-electron chi connectivity index (χ1n) is 7.76. The number of aromatic nitrogens is 1. The highest BCUT2D eigenvalue weighted by Crippen LogP contribution is 2.49. The topological polar surface area (TPSA) is 72.6 Å². The Balaban J connectivity index is 1.75. The van der Waals surface area contributed by atoms with Crippen LogP contribution in [-0.2, 0) is 20.7 Å². The van der Waals surface area contributed by atoms with Crippen molar-refractivity contribution < 1.29 is 18.8 Å². The highest BCUT2D eigenvalue weighted by molar-refractivity contribution is 5.83. The molecule has 1 saturated heterocycles. The number of esters is 1. The molecule has 6 heteroatoms. The molecular weight excluding hydrogens is 284 g/mol. The van der Waals surface area contributed by atoms with Crippen molar-refractivity contribution in [1.29, 1.82) is 0 Å². The van der Waals surface area contributed by atoms with Gasteiger partial charge in [0.15, 0.2) is 0 Å². The molecule has 1 aliphatic carbocycles. The van der Waals surface area contributed by atoms with E-state index in [1.54, 1.807) is 0 Å². The lowest BCUT2D eigenvalue weighted by Gasteiger charge is -2.25. The van der Waals surface area contributed by atoms with E-state index in [-0.39, 0.29) is 24.2 Å². The molecule has 1 aliphatic heterocycles. The van der Waals surface area contributed by atoms with Crippen LogP contribution in [0.4, 0.5) is 0 Å². The minimum atomic E-state index is -0.483. The summed E-state index contributed by atoms with van der Waals surface area (Å²) in [4.78, 5) is 26.6. The number of ether oxygens (including phenoxy) is 1. The standard InChI is InChI=1S/C16H22N2O4/c1-10-13(11(2)22-17-10)7-14(19)18-8-12-5-4-6-16(12,9-18)15(20)21-3/h12H,4-9H2,1-3H3. The second-order valence-corrected chi connectivity index (χ2v) is 6.49. The summed E-state index contributed by atoms with van der Waals surface area (Å²) in [5.41, 5.74) is 1.13. The van der Waals surface area contributed by atoms with Gasteiger partial charge in [-0.2, -0.15) is 0 Å². The van der Waals surface area contributed by atoms with Crippen LogP contribution in [0.15, 0.2) is 4.52 Å². The van der Waals surface area contributed by atoms with Gasteiger partial charge < -0.3 is 14.2 Å². The Morgan fingerprint density at radius 3 is 2.86 bits per heavy atom. The third-order valence-electron chi connectivity index (χ3n) is 5.32. The predicted octanol–water partition coefficient (Wildman–Crippen LogP) is 1.64. The van der Waals surface area contributed by atoms with Crippen molar-refractivity contribution in [3.63, 3.8) is 0 Å². The molecule has 120 valence electrons. The molecular formula is C16H22N2O4. The molecule has 2 aliphatic rings. The molecule has 0 radical (unpaired) electrons. The average molecular weight is 306 g/mol. The number of aryl methyl sites for hydroxylation is 2. The smallest absolute Gasteiger partial charge is 0.313 e. The zero-order valence-corrected chi connectivity index (χ0v) is 13.3. The maximum atomic E-state index is 12.6. The fourth-order valence-corrected chi connectivity index (χ4v) is 4.03. The lowest BCUT2D eigenvalue weighted by atomic mass is 9.81. The number of amides is 1. The number of likely N-dealkylation sites (tertiary alicyclic amines) is 1. The first-order valence-corrected chi connectivity index (χ1v) is 7.76. The third-order valence-corrected chi connectivity index (χ3v) is 5.32. The highest BCUT2D eigenvalue weighted by Gasteiger charge is 2.56. The first kappa shape index (κ1) is 15.1. The summed E-state index contributed by atoms with van der Waals surface area (Å²) in [6, 6.07) is 0. The Hall–Kier alpha value is -1.85. The van der Waals surface area contributed by atoms with E-state index in [9.17, 15) is 9.59 Å². The molecule has 0 bridgehead atoms. The van der Waals surface area contributed by atoms with Crippen molar-refractivity contribution in [2.75, 3.05) is 20.2 Å². The van der Waals surface area contributed by atoms with E-state index in [0.717, 1.165) is 30.5 Å². The number of hydrogen-bond donors (Lipinski definition) is 0. The van der Waals surface area contributed by atoms with Crippen molar-refractivity contribution in [3.8, 4) is 0 Å². The fraction of sp³-hybridized carbons (Fsp3) is 0.688. The van der Waals surface area contributed by atoms with E-state index in [1.807, 2.05) is 18.7 Å². The van der Waals surface area contributed by atoms with Gasteiger partial charge in [0, 0.05) is 18.7 Å². The summed E-state index contributed by atoms with van der Waals surface area (Å²) in [7, 11) is 1.43. The van der Waals surface area contributed by atoms with E-state index in [4.69, 9.17) is 9.26 Å². The van der Waals surface area contributed by atoms with Crippen molar-refractivity contribution in [1.82, 2.24) is 10.1 Å². The third kappa shape index (κ3) is 2.21. The summed E-state index contributed by atoms with van der Waals surface area (Å²) in [5, 5.41) is 3.89. The van der Waals surface area contributed by atoms with Gasteiger partial charge in [-0.15, -0.1) is 0 Å². The summed E-state index contributed by atoms with van der Waals surface area (Å²) < 4.78 is 10.1. The molecule has 0 N–H and O–H groups in total. The van der Waals surface area contributed by atoms with Crippen LogP contribution in [0.2, 0.25) is 0 Å². The maximum absolute atomic E-state index is 12.6. The Morgan fingerprint density at radius 1 is 1.45 bits per heavy atom. The minimum Gasteiger partial charge on any atom is -0.469 e. The molecule has 22 heavy (non-hydrogen) atoms. The van der Waals surface area contributed by atoms with Gasteiger partial charge in [-0.3, -0.25) is 9.59 Å². The van der Waals surface area contributed by atoms with E-state index in [2.05, 4.69) is 5.16 Å². The first-order chi connectivity index (χ1) is 10.5. The van der Waals surface area contributed by atoms with E-state index >= 15 is 0 Å². The van der Waals surface area contributed by atoms with Gasteiger partial charge in [-0.25, -0.2) is 0 Å². The van der Waals surface area contributed by atoms with E-state index in [0.29, 0.717) is 18.8 Å². The van der Waals surface area contributed by atoms with Crippen LogP contribution in [0.5, 0.6) is 0 Å². The van der Waals surface area contributed by atoms with Crippen molar-refractivity contribution in [2.24, 2.45) is 11.3 Å². The van der Waals surface area contributed by atoms with Crippen LogP contribution < -0.4 is 0 Å². The SMILES string of the molecule is COC(=O)C12CCCC1CN(C(=O)Cc1c(C)noc1C)C2. The lowest BCUT2D eigenvalue weighted by Crippen LogP contribution is -2.38. The van der Waals surface area contributed by atoms with Crippen LogP contribution in [0.25, 0.3) is 0 Å². The van der Waals surface area contributed by atoms with E-state index < -0.39 is 5.41 Å². The molecule has 1 aromatic heterocycles. The molecule has 2 unspecified atom stereocenters. The Bertz CT molecular complexity index is 590. The molecule has 2 heterocycles. The van der Waals surface area contributed by atoms with Crippen LogP contribution in [0.3, 0.4) is 0 Å². The number of fused-ring (bicyclic) bond motifs is 1. The maximum Gasteiger partial charge on any atom is 0.313 e. The summed E-state index contributed by atoms with van der Waals surface area (Å²) in [6.07, 6.45) is 3.13. The quantitative estimate of drug-likeness (QED) is 0.794. The second-order valence-electron chi connectivity index (χ2n) is 6.49. The molecule has 1 saturated carbocycles. The molecule has 1 amide bonds. The van der Waals surface area contributed by atoms with Gasteiger partial charge in [-0.05, 0) is 32.6 Å². The zero-order valence-electron chi connectivity index (χ0n) is 13.3. The summed E-state index contributed by atoms with van der Waals surface area (Å²) >= 11 is 0. The number of carbonyl (C=O) groups excluding carboxylic acids is 2. The van der Waals surface area contributed by atoms with Crippen molar-refractivity contribution in [3.05, 3.63) is 17.0 Å². The van der Waals surface area contributed by atoms with Gasteiger partial charge in [0.25, 0.3) is 0 Å². The van der Waals surface area contributed by atoms with Crippen molar-refractivity contribution >= 4 is 11.9 Å². The van der Waals surface area contributed by atoms with Gasteiger partial charge >= 0.3 is 5.97 Å². The Labute approximate surface area is 129 Å². The van der Waals surface area contributed by atoms with Gasteiger partial charge in [0.2, 0.25) is 5.91 Å². The van der Waals surface area contributed by atoms with Gasteiger partial charge in [0.1, 0.15) is 5.76 Å². The lowest BCUT2D eigenvalue weighted by molar-refractivity contribution is -0.153. The Kier molecular flexibility index (Phi) is 3.70. The average Bonchev–Trinajstić information content (AvgIpc) is 3.14. The molecule has 0 spiro atoms. The zero-order chi connectivity index (χ0) is 15.9. The van der Waals surface area contributed by atoms with Crippen molar-refractivity contribution in [2.45, 2.75) is 39.5 Å². The number of rotatable bonds is 3. The molecule has 0 aromatic carbocycles. The van der Waals surface area contributed by atoms with Crippen LogP contribution >= 0.6 is 0 Å². The number of carbonyl (C=O) groups is 2. The Morgan fingerprint density at radius 2 is 2.23 bits per heavy atom. The normalized spacial score (nSPS) is 27.0. The molecule has 3 rings (SSSR count). The highest BCUT2D eigenvalue weighted by atomic mass is 16.5. The minimum absolute atomic E-state index is 0.0343. The van der Waals surface area contributed by atoms with Gasteiger partial charge in [-0.1, -0.05) is 11.6 Å². The number of hydrogen-bond acceptors (Lipinski definition) is 5. The largest absolute Gasteiger partial charge is 0.469 e. The van der Waals surface area contributed by atoms with Crippen LogP contribution in [0.1, 0.15) is 36.3 Å². The summed E-state index contributed by atoms with van der Waals surface area (Å²) in [5.74, 6) is 0.788. The second kappa shape index (κ2) is 5.41. The van der Waals surface area contributed by atoms with Crippen LogP contribution in [0, 0.1) is 25.2 Å². The number of methoxy groups -OCH3 is 1. The van der Waals surface area contributed by atoms with Gasteiger partial charge in [0.05, 0.1) is 24.6 Å². The molecule has 2 fully saturated rings. The monoisotopic (exact) mass is 306 g/mol. The molecule has 2 atom stereocenters. The molecule has 6 nitrogen and oxygen atoms in total. The predicted molar refractivity (Wildman–Crippen MR) is 78.1 cm³/mol. The number of nitrogens with zero attached hydrogens (tertiary/aromatic N) is 2. The fourth-order valence-electron chi connectivity index (χ4n) is 4.03. The van der Waals surface area contributed by atoms with Crippen LogP contribution in [-0.4, -0.2) is 42.1 Å². The van der Waals surface area contributed by atoms with E-state index in [1.165, 1.54) is 7.11 Å².